The molecule has 5 aromatic rings. The smallest absolute Gasteiger partial charge is 0.744 e. The summed E-state index contributed by atoms with van der Waals surface area (Å²) in [5.74, 6) is -1.81. The number of hydrogen-bond donors (Lipinski definition) is 0. The van der Waals surface area contributed by atoms with Gasteiger partial charge in [0.25, 0.3) is 0 Å². The van der Waals surface area contributed by atoms with Gasteiger partial charge in [-0.2, -0.15) is 0 Å². The maximum atomic E-state index is 12.9. The summed E-state index contributed by atoms with van der Waals surface area (Å²) in [7, 11) is -10.8. The second-order valence-corrected chi connectivity index (χ2v) is 13.3. The predicted octanol–water partition coefficient (Wildman–Crippen LogP) is -1.07. The van der Waals surface area contributed by atoms with Gasteiger partial charge in [-0.3, -0.25) is 9.59 Å². The Bertz CT molecular complexity index is 2280. The monoisotopic (exact) mass is 698 g/mol. The van der Waals surface area contributed by atoms with Gasteiger partial charge in [0.05, 0.1) is 0 Å². The molecular weight excluding hydrogens is 678 g/mol. The molecule has 2 aliphatic heterocycles. The van der Waals surface area contributed by atoms with E-state index in [1.807, 2.05) is 0 Å². The summed E-state index contributed by atoms with van der Waals surface area (Å²) in [6.07, 6.45) is -2.41. The molecule has 5 aromatic carbocycles. The molecule has 2 atom stereocenters. The predicted molar refractivity (Wildman–Crippen MR) is 160 cm³/mol. The van der Waals surface area contributed by atoms with E-state index in [0.717, 1.165) is 0 Å². The van der Waals surface area contributed by atoms with Crippen molar-refractivity contribution in [2.24, 2.45) is 0 Å². The van der Waals surface area contributed by atoms with Gasteiger partial charge in [-0.25, -0.2) is 16.8 Å². The molecule has 0 fully saturated rings. The van der Waals surface area contributed by atoms with Crippen molar-refractivity contribution in [2.75, 3.05) is 0 Å². The molecule has 14 heteroatoms. The molecule has 10 nitrogen and oxygen atoms in total. The molecular formula is C34H20Na2O10S2. The third kappa shape index (κ3) is 6.34. The second-order valence-electron chi connectivity index (χ2n) is 10.7. The van der Waals surface area contributed by atoms with Gasteiger partial charge in [-0.15, -0.1) is 0 Å². The Labute approximate surface area is 320 Å². The summed E-state index contributed by atoms with van der Waals surface area (Å²) in [4.78, 5) is 23.8. The zero-order valence-electron chi connectivity index (χ0n) is 25.4. The normalized spacial score (nSPS) is 15.8. The van der Waals surface area contributed by atoms with E-state index in [4.69, 9.17) is 9.47 Å². The van der Waals surface area contributed by atoms with Gasteiger partial charge >= 0.3 is 59.1 Å². The van der Waals surface area contributed by atoms with Crippen LogP contribution in [0.4, 0.5) is 0 Å². The molecule has 7 rings (SSSR count). The van der Waals surface area contributed by atoms with Crippen LogP contribution >= 0.6 is 0 Å². The van der Waals surface area contributed by atoms with Gasteiger partial charge in [-0.05, 0) is 11.1 Å². The number of carbonyl (C=O) groups is 2. The minimum atomic E-state index is -5.40. The molecule has 0 amide bonds. The van der Waals surface area contributed by atoms with Crippen LogP contribution in [-0.2, 0) is 20.2 Å². The van der Waals surface area contributed by atoms with Gasteiger partial charge in [0.15, 0.2) is 29.5 Å². The number of hydrogen-bond acceptors (Lipinski definition) is 10. The summed E-state index contributed by atoms with van der Waals surface area (Å²) in [5.41, 5.74) is 2.11. The van der Waals surface area contributed by atoms with Crippen LogP contribution in [0.15, 0.2) is 119 Å². The zero-order chi connectivity index (χ0) is 32.4. The number of benzene rings is 5. The molecule has 0 radical (unpaired) electrons. The van der Waals surface area contributed by atoms with Gasteiger partial charge in [-0.1, -0.05) is 109 Å². The standard InChI is InChI=1S/C34H22O10S2.2Na/c35-27(19-7-3-1-4-8-19)21-11-15-23(16-12-21)29-25-26-30(24-17-13-22(14-18-24)28(36)20-9-5-2-6-10-20)44-32(33(26)45(37,38)39)34(31(25)43-29)46(40,41)42;;/h1-18,29-30H,(H,37,38,39)(H,40,41,42);;/q;2*+1/p-2. The number of fused-ring (bicyclic) bond motifs is 4. The molecule has 0 aromatic heterocycles. The Balaban J connectivity index is 0.00000225. The summed E-state index contributed by atoms with van der Waals surface area (Å²) < 4.78 is 86.7. The summed E-state index contributed by atoms with van der Waals surface area (Å²) in [5, 5.41) is 0. The minimum Gasteiger partial charge on any atom is -0.744 e. The van der Waals surface area contributed by atoms with E-state index in [9.17, 15) is 35.5 Å². The van der Waals surface area contributed by atoms with Crippen LogP contribution < -0.4 is 68.6 Å². The van der Waals surface area contributed by atoms with E-state index in [0.29, 0.717) is 33.4 Å². The average molecular weight is 699 g/mol. The molecule has 2 aliphatic rings. The molecule has 2 unspecified atom stereocenters. The third-order valence-corrected chi connectivity index (χ3v) is 9.69. The summed E-state index contributed by atoms with van der Waals surface area (Å²) >= 11 is 0. The summed E-state index contributed by atoms with van der Waals surface area (Å²) in [6.45, 7) is 0. The van der Waals surface area contributed by atoms with Crippen LogP contribution in [-0.4, -0.2) is 37.5 Å². The molecule has 2 heterocycles. The maximum Gasteiger partial charge on any atom is 1.00 e. The van der Waals surface area contributed by atoms with Crippen molar-refractivity contribution in [3.63, 3.8) is 0 Å². The van der Waals surface area contributed by atoms with Gasteiger partial charge < -0.3 is 18.6 Å². The molecule has 0 spiro atoms. The molecule has 48 heavy (non-hydrogen) atoms. The first-order valence-electron chi connectivity index (χ1n) is 13.8. The first-order valence-corrected chi connectivity index (χ1v) is 16.6. The van der Waals surface area contributed by atoms with Crippen molar-refractivity contribution in [1.29, 1.82) is 0 Å². The second kappa shape index (κ2) is 13.6. The van der Waals surface area contributed by atoms with Crippen molar-refractivity contribution in [1.82, 2.24) is 0 Å². The zero-order valence-corrected chi connectivity index (χ0v) is 31.1. The van der Waals surface area contributed by atoms with Crippen LogP contribution in [0.5, 0.6) is 11.5 Å². The molecule has 230 valence electrons. The topological polar surface area (TPSA) is 167 Å². The fourth-order valence-electron chi connectivity index (χ4n) is 5.81. The fraction of sp³-hybridized carbons (Fsp3) is 0.0588. The Hall–Kier alpha value is -3.14. The van der Waals surface area contributed by atoms with E-state index in [2.05, 4.69) is 0 Å². The van der Waals surface area contributed by atoms with E-state index >= 15 is 0 Å². The Kier molecular flexibility index (Phi) is 10.3. The quantitative estimate of drug-likeness (QED) is 0.111. The number of rotatable bonds is 8. The van der Waals surface area contributed by atoms with E-state index in [1.54, 1.807) is 72.8 Å². The van der Waals surface area contributed by atoms with E-state index in [1.165, 1.54) is 36.4 Å². The largest absolute Gasteiger partial charge is 1.00 e. The van der Waals surface area contributed by atoms with Gasteiger partial charge in [0.1, 0.15) is 35.8 Å². The molecule has 0 saturated heterocycles. The third-order valence-electron chi connectivity index (χ3n) is 7.92. The minimum absolute atomic E-state index is 0. The molecule has 0 aliphatic carbocycles. The Morgan fingerprint density at radius 3 is 1.23 bits per heavy atom. The number of ketones is 2. The van der Waals surface area contributed by atoms with E-state index < -0.39 is 53.7 Å². The van der Waals surface area contributed by atoms with E-state index in [-0.39, 0.29) is 81.8 Å². The molecule has 0 saturated carbocycles. The van der Waals surface area contributed by atoms with Crippen LogP contribution in [0.1, 0.15) is 66.3 Å². The number of carbonyl (C=O) groups excluding carboxylic acids is 2. The van der Waals surface area contributed by atoms with Crippen molar-refractivity contribution in [3.8, 4) is 11.5 Å². The SMILES string of the molecule is O=C(c1ccccc1)c1ccc(C2Oc3c2c2c(S(=O)(=O)[O-])c(c3S(=O)(=O)[O-])OC2c2ccc(C(=O)c3ccccc3)cc2)cc1.[Na+].[Na+]. The first-order chi connectivity index (χ1) is 21.9. The van der Waals surface area contributed by atoms with Crippen LogP contribution in [0.2, 0.25) is 0 Å². The number of ether oxygens (including phenoxy) is 2. The van der Waals surface area contributed by atoms with Crippen LogP contribution in [0.25, 0.3) is 0 Å². The molecule has 2 bridgehead atoms. The van der Waals surface area contributed by atoms with Crippen molar-refractivity contribution >= 4 is 31.8 Å². The van der Waals surface area contributed by atoms with Crippen molar-refractivity contribution < 1.29 is 104 Å². The summed E-state index contributed by atoms with van der Waals surface area (Å²) in [6, 6.07) is 29.2. The van der Waals surface area contributed by atoms with Crippen LogP contribution in [0.3, 0.4) is 0 Å². The van der Waals surface area contributed by atoms with Crippen molar-refractivity contribution in [3.05, 3.63) is 154 Å². The Morgan fingerprint density at radius 2 is 0.833 bits per heavy atom. The first kappa shape index (κ1) is 36.1. The fourth-order valence-corrected chi connectivity index (χ4v) is 7.50. The molecule has 0 N–H and O–H groups in total. The van der Waals surface area contributed by atoms with Gasteiger partial charge in [0.2, 0.25) is 0 Å². The van der Waals surface area contributed by atoms with Crippen LogP contribution in [0, 0.1) is 0 Å². The average Bonchev–Trinajstić information content (AvgIpc) is 3.37. The Morgan fingerprint density at radius 1 is 0.479 bits per heavy atom. The maximum absolute atomic E-state index is 12.9. The van der Waals surface area contributed by atoms with Gasteiger partial charge in [0, 0.05) is 33.4 Å². The van der Waals surface area contributed by atoms with Crippen molar-refractivity contribution in [2.45, 2.75) is 22.0 Å².